The molecule has 0 unspecified atom stereocenters. The third-order valence-electron chi connectivity index (χ3n) is 2.98. The molecule has 2 N–H and O–H groups in total. The van der Waals surface area contributed by atoms with Crippen LogP contribution in [-0.4, -0.2) is 31.2 Å². The number of methoxy groups -OCH3 is 2. The third kappa shape index (κ3) is 6.16. The Hall–Kier alpha value is -2.24. The lowest BCUT2D eigenvalue weighted by molar-refractivity contribution is -0.137. The Morgan fingerprint density at radius 3 is 2.38 bits per heavy atom. The van der Waals surface area contributed by atoms with Crippen LogP contribution in [0.1, 0.15) is 31.2 Å². The normalized spacial score (nSPS) is 10.0. The standard InChI is InChI=1S/C15H21NO5/c1-20-12-8-7-11(9-13(12)21-2)10-16-14(17)5-3-4-6-15(18)19/h7-9H,3-6,10H2,1-2H3,(H,16,17)(H,18,19). The molecular formula is C15H21NO5. The van der Waals surface area contributed by atoms with Gasteiger partial charge in [0, 0.05) is 19.4 Å². The Labute approximate surface area is 124 Å². The largest absolute Gasteiger partial charge is 0.493 e. The van der Waals surface area contributed by atoms with Crippen LogP contribution in [0.5, 0.6) is 11.5 Å². The Bertz CT molecular complexity index is 487. The van der Waals surface area contributed by atoms with E-state index in [4.69, 9.17) is 14.6 Å². The van der Waals surface area contributed by atoms with Gasteiger partial charge in [-0.05, 0) is 30.5 Å². The molecule has 0 fully saturated rings. The van der Waals surface area contributed by atoms with Crippen molar-refractivity contribution in [3.05, 3.63) is 23.8 Å². The average Bonchev–Trinajstić information content (AvgIpc) is 2.48. The van der Waals surface area contributed by atoms with E-state index in [-0.39, 0.29) is 12.3 Å². The number of carbonyl (C=O) groups excluding carboxylic acids is 1. The van der Waals surface area contributed by atoms with Gasteiger partial charge in [0.1, 0.15) is 0 Å². The summed E-state index contributed by atoms with van der Waals surface area (Å²) in [7, 11) is 3.12. The van der Waals surface area contributed by atoms with E-state index in [1.54, 1.807) is 20.3 Å². The molecule has 6 heteroatoms. The van der Waals surface area contributed by atoms with Gasteiger partial charge >= 0.3 is 5.97 Å². The van der Waals surface area contributed by atoms with E-state index >= 15 is 0 Å². The van der Waals surface area contributed by atoms with Crippen molar-refractivity contribution in [2.24, 2.45) is 0 Å². The highest BCUT2D eigenvalue weighted by atomic mass is 16.5. The van der Waals surface area contributed by atoms with E-state index in [1.807, 2.05) is 12.1 Å². The van der Waals surface area contributed by atoms with Gasteiger partial charge in [0.2, 0.25) is 5.91 Å². The molecule has 0 atom stereocenters. The molecule has 116 valence electrons. The minimum absolute atomic E-state index is 0.0878. The Morgan fingerprint density at radius 1 is 1.10 bits per heavy atom. The third-order valence-corrected chi connectivity index (χ3v) is 2.98. The van der Waals surface area contributed by atoms with Gasteiger partial charge in [-0.2, -0.15) is 0 Å². The van der Waals surface area contributed by atoms with Crippen LogP contribution in [0.2, 0.25) is 0 Å². The van der Waals surface area contributed by atoms with Crippen molar-refractivity contribution in [2.45, 2.75) is 32.2 Å². The number of rotatable bonds is 9. The van der Waals surface area contributed by atoms with Crippen molar-refractivity contribution < 1.29 is 24.2 Å². The molecule has 1 rings (SSSR count). The second-order valence-corrected chi connectivity index (χ2v) is 4.57. The van der Waals surface area contributed by atoms with Crippen LogP contribution in [0, 0.1) is 0 Å². The lowest BCUT2D eigenvalue weighted by Crippen LogP contribution is -2.22. The zero-order valence-corrected chi connectivity index (χ0v) is 12.3. The number of hydrogen-bond acceptors (Lipinski definition) is 4. The molecule has 1 aromatic rings. The fraction of sp³-hybridized carbons (Fsp3) is 0.467. The predicted octanol–water partition coefficient (Wildman–Crippen LogP) is 1.96. The topological polar surface area (TPSA) is 84.9 Å². The molecule has 1 amide bonds. The van der Waals surface area contributed by atoms with Crippen molar-refractivity contribution >= 4 is 11.9 Å². The molecule has 6 nitrogen and oxygen atoms in total. The summed E-state index contributed by atoms with van der Waals surface area (Å²) in [5.74, 6) is 0.336. The van der Waals surface area contributed by atoms with Crippen LogP contribution < -0.4 is 14.8 Å². The molecule has 0 saturated heterocycles. The van der Waals surface area contributed by atoms with Crippen molar-refractivity contribution in [1.82, 2.24) is 5.32 Å². The molecule has 0 aliphatic carbocycles. The van der Waals surface area contributed by atoms with E-state index in [9.17, 15) is 9.59 Å². The van der Waals surface area contributed by atoms with Gasteiger partial charge in [0.15, 0.2) is 11.5 Å². The summed E-state index contributed by atoms with van der Waals surface area (Å²) >= 11 is 0. The number of benzene rings is 1. The minimum atomic E-state index is -0.833. The van der Waals surface area contributed by atoms with Crippen molar-refractivity contribution in [3.8, 4) is 11.5 Å². The number of aliphatic carboxylic acids is 1. The molecule has 21 heavy (non-hydrogen) atoms. The second-order valence-electron chi connectivity index (χ2n) is 4.57. The van der Waals surface area contributed by atoms with Gasteiger partial charge in [0.25, 0.3) is 0 Å². The number of ether oxygens (including phenoxy) is 2. The molecule has 0 heterocycles. The molecule has 0 aromatic heterocycles. The number of carbonyl (C=O) groups is 2. The zero-order valence-electron chi connectivity index (χ0n) is 12.3. The highest BCUT2D eigenvalue weighted by Gasteiger charge is 2.06. The quantitative estimate of drug-likeness (QED) is 0.680. The summed E-state index contributed by atoms with van der Waals surface area (Å²) in [6.07, 6.45) is 1.52. The molecular weight excluding hydrogens is 274 g/mol. The van der Waals surface area contributed by atoms with E-state index < -0.39 is 5.97 Å². The Kier molecular flexibility index (Phi) is 7.08. The Morgan fingerprint density at radius 2 is 1.76 bits per heavy atom. The van der Waals surface area contributed by atoms with Crippen LogP contribution >= 0.6 is 0 Å². The fourth-order valence-electron chi connectivity index (χ4n) is 1.84. The van der Waals surface area contributed by atoms with Gasteiger partial charge in [0.05, 0.1) is 14.2 Å². The average molecular weight is 295 g/mol. The van der Waals surface area contributed by atoms with E-state index in [2.05, 4.69) is 5.32 Å². The molecule has 0 spiro atoms. The lowest BCUT2D eigenvalue weighted by Gasteiger charge is -2.10. The first kappa shape index (κ1) is 16.8. The maximum absolute atomic E-state index is 11.6. The van der Waals surface area contributed by atoms with Crippen molar-refractivity contribution in [1.29, 1.82) is 0 Å². The first-order chi connectivity index (χ1) is 10.1. The highest BCUT2D eigenvalue weighted by molar-refractivity contribution is 5.76. The summed E-state index contributed by atoms with van der Waals surface area (Å²) in [6.45, 7) is 0.401. The first-order valence-corrected chi connectivity index (χ1v) is 6.76. The Balaban J connectivity index is 2.37. The molecule has 0 aliphatic heterocycles. The van der Waals surface area contributed by atoms with E-state index in [0.29, 0.717) is 37.3 Å². The maximum Gasteiger partial charge on any atom is 0.303 e. The van der Waals surface area contributed by atoms with Gasteiger partial charge in [-0.1, -0.05) is 6.07 Å². The first-order valence-electron chi connectivity index (χ1n) is 6.76. The van der Waals surface area contributed by atoms with Crippen LogP contribution in [-0.2, 0) is 16.1 Å². The number of nitrogens with one attached hydrogen (secondary N) is 1. The van der Waals surface area contributed by atoms with Crippen LogP contribution in [0.4, 0.5) is 0 Å². The number of carboxylic acid groups (broad SMARTS) is 1. The van der Waals surface area contributed by atoms with Crippen molar-refractivity contribution in [2.75, 3.05) is 14.2 Å². The molecule has 0 saturated carbocycles. The SMILES string of the molecule is COc1ccc(CNC(=O)CCCCC(=O)O)cc1OC. The maximum atomic E-state index is 11.6. The summed E-state index contributed by atoms with van der Waals surface area (Å²) < 4.78 is 10.3. The van der Waals surface area contributed by atoms with Crippen LogP contribution in [0.25, 0.3) is 0 Å². The number of amides is 1. The van der Waals surface area contributed by atoms with Crippen LogP contribution in [0.3, 0.4) is 0 Å². The van der Waals surface area contributed by atoms with Crippen LogP contribution in [0.15, 0.2) is 18.2 Å². The zero-order chi connectivity index (χ0) is 15.7. The van der Waals surface area contributed by atoms with E-state index in [0.717, 1.165) is 5.56 Å². The minimum Gasteiger partial charge on any atom is -0.493 e. The van der Waals surface area contributed by atoms with Crippen molar-refractivity contribution in [3.63, 3.8) is 0 Å². The van der Waals surface area contributed by atoms with Gasteiger partial charge in [-0.3, -0.25) is 9.59 Å². The molecule has 1 aromatic carbocycles. The number of unbranched alkanes of at least 4 members (excludes halogenated alkanes) is 1. The molecule has 0 bridgehead atoms. The van der Waals surface area contributed by atoms with E-state index in [1.165, 1.54) is 0 Å². The summed E-state index contributed by atoms with van der Waals surface area (Å²) in [6, 6.07) is 5.45. The fourth-order valence-corrected chi connectivity index (χ4v) is 1.84. The number of hydrogen-bond donors (Lipinski definition) is 2. The molecule has 0 aliphatic rings. The monoisotopic (exact) mass is 295 g/mol. The lowest BCUT2D eigenvalue weighted by atomic mass is 10.1. The van der Waals surface area contributed by atoms with Gasteiger partial charge < -0.3 is 19.9 Å². The summed E-state index contributed by atoms with van der Waals surface area (Å²) in [5.41, 5.74) is 0.909. The summed E-state index contributed by atoms with van der Waals surface area (Å²) in [5, 5.41) is 11.3. The highest BCUT2D eigenvalue weighted by Crippen LogP contribution is 2.27. The second kappa shape index (κ2) is 8.84. The smallest absolute Gasteiger partial charge is 0.303 e. The van der Waals surface area contributed by atoms with Gasteiger partial charge in [-0.15, -0.1) is 0 Å². The molecule has 0 radical (unpaired) electrons. The predicted molar refractivity (Wildman–Crippen MR) is 77.5 cm³/mol. The summed E-state index contributed by atoms with van der Waals surface area (Å²) in [4.78, 5) is 22.0. The van der Waals surface area contributed by atoms with Gasteiger partial charge in [-0.25, -0.2) is 0 Å². The number of carboxylic acids is 1.